The molecule has 1 aliphatic rings. The Labute approximate surface area is 213 Å². The molecular formula is C31H46N2O2. The fourth-order valence-electron chi connectivity index (χ4n) is 4.90. The van der Waals surface area contributed by atoms with Gasteiger partial charge in [0.25, 0.3) is 0 Å². The Bertz CT molecular complexity index is 822. The average Bonchev–Trinajstić information content (AvgIpc) is 3.29. The molecule has 2 aromatic rings. The van der Waals surface area contributed by atoms with Gasteiger partial charge in [0.05, 0.1) is 24.8 Å². The summed E-state index contributed by atoms with van der Waals surface area (Å²) < 4.78 is 5.97. The number of carbonyl (C=O) groups excluding carboxylic acids is 1. The molecule has 1 fully saturated rings. The second kappa shape index (κ2) is 16.2. The van der Waals surface area contributed by atoms with Crippen molar-refractivity contribution in [3.63, 3.8) is 0 Å². The minimum atomic E-state index is 0.00439. The maximum Gasteiger partial charge on any atom is 0.241 e. The Hall–Kier alpha value is -2.49. The second-order valence-corrected chi connectivity index (χ2v) is 9.97. The summed E-state index contributed by atoms with van der Waals surface area (Å²) in [4.78, 5) is 12.1. The summed E-state index contributed by atoms with van der Waals surface area (Å²) in [5.74, 6) is 0.962. The van der Waals surface area contributed by atoms with Crippen molar-refractivity contribution in [3.8, 4) is 5.75 Å². The van der Waals surface area contributed by atoms with Crippen LogP contribution in [-0.2, 0) is 4.79 Å². The maximum absolute atomic E-state index is 12.1. The zero-order valence-electron chi connectivity index (χ0n) is 21.9. The van der Waals surface area contributed by atoms with E-state index < -0.39 is 0 Å². The van der Waals surface area contributed by atoms with Crippen molar-refractivity contribution < 1.29 is 9.53 Å². The molecule has 1 saturated heterocycles. The Morgan fingerprint density at radius 1 is 0.743 bits per heavy atom. The van der Waals surface area contributed by atoms with Gasteiger partial charge < -0.3 is 4.74 Å². The third-order valence-electron chi connectivity index (χ3n) is 7.00. The van der Waals surface area contributed by atoms with Crippen molar-refractivity contribution >= 4 is 11.6 Å². The van der Waals surface area contributed by atoms with Crippen LogP contribution in [0.25, 0.3) is 0 Å². The Morgan fingerprint density at radius 3 is 1.86 bits per heavy atom. The molecule has 1 amide bonds. The van der Waals surface area contributed by atoms with Gasteiger partial charge in [-0.15, -0.1) is 0 Å². The van der Waals surface area contributed by atoms with Crippen LogP contribution in [0.2, 0.25) is 0 Å². The first kappa shape index (κ1) is 27.1. The molecule has 35 heavy (non-hydrogen) atoms. The van der Waals surface area contributed by atoms with Crippen molar-refractivity contribution in [2.24, 2.45) is 0 Å². The molecule has 0 bridgehead atoms. The van der Waals surface area contributed by atoms with E-state index in [0.717, 1.165) is 30.0 Å². The first-order valence-electron chi connectivity index (χ1n) is 14.1. The molecule has 0 aliphatic carbocycles. The lowest BCUT2D eigenvalue weighted by atomic mass is 10.0. The molecule has 1 N–H and O–H groups in total. The van der Waals surface area contributed by atoms with Gasteiger partial charge in [0.1, 0.15) is 5.75 Å². The van der Waals surface area contributed by atoms with Crippen LogP contribution in [-0.4, -0.2) is 12.5 Å². The minimum absolute atomic E-state index is 0.00439. The lowest BCUT2D eigenvalue weighted by Gasteiger charge is -2.25. The van der Waals surface area contributed by atoms with Gasteiger partial charge in [-0.25, -0.2) is 0 Å². The van der Waals surface area contributed by atoms with Crippen LogP contribution in [0, 0.1) is 0 Å². The number of amides is 1. The number of unbranched alkanes of at least 4 members (excludes halogenated alkanes) is 13. The number of ether oxygens (including phenoxy) is 1. The molecule has 2 aromatic carbocycles. The van der Waals surface area contributed by atoms with E-state index in [9.17, 15) is 4.79 Å². The summed E-state index contributed by atoms with van der Waals surface area (Å²) in [7, 11) is 0. The molecule has 1 heterocycles. The van der Waals surface area contributed by atoms with Gasteiger partial charge in [-0.2, -0.15) is 0 Å². The number of hydrazine groups is 1. The maximum atomic E-state index is 12.1. The highest BCUT2D eigenvalue weighted by Gasteiger charge is 2.31. The standard InChI is InChI=1S/C31H46N2O2/c1-2-3-4-5-6-7-8-9-10-11-12-13-14-18-25-35-29-23-21-27(22-24-29)30-26-31(34)32-33(30)28-19-16-15-17-20-28/h15-17,19-24,30H,2-14,18,25-26H2,1H3,(H,32,34). The van der Waals surface area contributed by atoms with Gasteiger partial charge >= 0.3 is 0 Å². The predicted molar refractivity (Wildman–Crippen MR) is 147 cm³/mol. The summed E-state index contributed by atoms with van der Waals surface area (Å²) in [6, 6.07) is 18.2. The number of nitrogens with zero attached hydrogens (tertiary/aromatic N) is 1. The third kappa shape index (κ3) is 9.95. The molecule has 192 valence electrons. The van der Waals surface area contributed by atoms with Gasteiger partial charge in [-0.05, 0) is 36.2 Å². The van der Waals surface area contributed by atoms with E-state index in [1.165, 1.54) is 83.5 Å². The fourth-order valence-corrected chi connectivity index (χ4v) is 4.90. The molecule has 0 spiro atoms. The lowest BCUT2D eigenvalue weighted by molar-refractivity contribution is -0.119. The predicted octanol–water partition coefficient (Wildman–Crippen LogP) is 8.53. The minimum Gasteiger partial charge on any atom is -0.494 e. The molecule has 3 rings (SSSR count). The Balaban J connectivity index is 1.23. The molecular weight excluding hydrogens is 432 g/mol. The topological polar surface area (TPSA) is 41.6 Å². The van der Waals surface area contributed by atoms with Crippen LogP contribution in [0.5, 0.6) is 5.75 Å². The third-order valence-corrected chi connectivity index (χ3v) is 7.00. The zero-order valence-corrected chi connectivity index (χ0v) is 21.9. The first-order chi connectivity index (χ1) is 17.3. The summed E-state index contributed by atoms with van der Waals surface area (Å²) in [6.45, 7) is 3.06. The Kier molecular flexibility index (Phi) is 12.6. The number of carbonyl (C=O) groups is 1. The molecule has 1 atom stereocenters. The monoisotopic (exact) mass is 478 g/mol. The average molecular weight is 479 g/mol. The van der Waals surface area contributed by atoms with Gasteiger partial charge in [0.2, 0.25) is 5.91 Å². The van der Waals surface area contributed by atoms with Gasteiger partial charge in [-0.3, -0.25) is 15.2 Å². The van der Waals surface area contributed by atoms with Crippen LogP contribution < -0.4 is 15.2 Å². The van der Waals surface area contributed by atoms with Crippen LogP contribution in [0.4, 0.5) is 5.69 Å². The van der Waals surface area contributed by atoms with Crippen LogP contribution in [0.3, 0.4) is 0 Å². The summed E-state index contributed by atoms with van der Waals surface area (Å²) in [6.07, 6.45) is 19.6. The first-order valence-corrected chi connectivity index (χ1v) is 14.1. The molecule has 1 unspecified atom stereocenters. The number of benzene rings is 2. The quantitative estimate of drug-likeness (QED) is 0.218. The van der Waals surface area contributed by atoms with E-state index in [4.69, 9.17) is 4.74 Å². The van der Waals surface area contributed by atoms with E-state index in [0.29, 0.717) is 6.42 Å². The SMILES string of the molecule is CCCCCCCCCCCCCCCCOc1ccc(C2CC(=O)NN2c2ccccc2)cc1. The normalized spacial score (nSPS) is 15.4. The largest absolute Gasteiger partial charge is 0.494 e. The zero-order chi connectivity index (χ0) is 24.6. The van der Waals surface area contributed by atoms with E-state index in [1.54, 1.807) is 0 Å². The molecule has 1 aliphatic heterocycles. The molecule has 4 nitrogen and oxygen atoms in total. The lowest BCUT2D eigenvalue weighted by Crippen LogP contribution is -2.34. The van der Waals surface area contributed by atoms with Crippen molar-refractivity contribution in [1.82, 2.24) is 5.43 Å². The molecule has 4 heteroatoms. The number of rotatable bonds is 18. The van der Waals surface area contributed by atoms with Gasteiger partial charge in [0, 0.05) is 0 Å². The van der Waals surface area contributed by atoms with E-state index in [2.05, 4.69) is 24.5 Å². The number of para-hydroxylation sites is 1. The van der Waals surface area contributed by atoms with E-state index in [-0.39, 0.29) is 11.9 Å². The number of nitrogens with one attached hydrogen (secondary N) is 1. The van der Waals surface area contributed by atoms with Gasteiger partial charge in [-0.1, -0.05) is 121 Å². The van der Waals surface area contributed by atoms with Crippen LogP contribution in [0.15, 0.2) is 54.6 Å². The summed E-state index contributed by atoms with van der Waals surface area (Å²) in [5.41, 5.74) is 5.10. The van der Waals surface area contributed by atoms with E-state index >= 15 is 0 Å². The second-order valence-electron chi connectivity index (χ2n) is 9.97. The highest BCUT2D eigenvalue weighted by atomic mass is 16.5. The highest BCUT2D eigenvalue weighted by Crippen LogP contribution is 2.32. The summed E-state index contributed by atoms with van der Waals surface area (Å²) in [5, 5.41) is 1.97. The molecule has 0 saturated carbocycles. The van der Waals surface area contributed by atoms with Crippen molar-refractivity contribution in [1.29, 1.82) is 0 Å². The van der Waals surface area contributed by atoms with Crippen molar-refractivity contribution in [3.05, 3.63) is 60.2 Å². The molecule has 0 aromatic heterocycles. The fraction of sp³-hybridized carbons (Fsp3) is 0.581. The van der Waals surface area contributed by atoms with Crippen molar-refractivity contribution in [2.45, 2.75) is 109 Å². The number of hydrogen-bond donors (Lipinski definition) is 1. The van der Waals surface area contributed by atoms with Crippen LogP contribution in [0.1, 0.15) is 115 Å². The van der Waals surface area contributed by atoms with E-state index in [1.807, 2.05) is 47.5 Å². The smallest absolute Gasteiger partial charge is 0.241 e. The van der Waals surface area contributed by atoms with Crippen LogP contribution >= 0.6 is 0 Å². The van der Waals surface area contributed by atoms with Crippen molar-refractivity contribution in [2.75, 3.05) is 11.6 Å². The Morgan fingerprint density at radius 2 is 1.29 bits per heavy atom. The highest BCUT2D eigenvalue weighted by molar-refractivity contribution is 5.83. The summed E-state index contributed by atoms with van der Waals surface area (Å²) >= 11 is 0. The molecule has 0 radical (unpaired) electrons. The van der Waals surface area contributed by atoms with Gasteiger partial charge in [0.15, 0.2) is 0 Å². The number of hydrogen-bond acceptors (Lipinski definition) is 3. The number of anilines is 1.